The number of carboxylic acids is 1. The molecule has 2 heterocycles. The SMILES string of the molecule is O=C(O)/C(=C/c1ccccn1)c1ccc2c(c1)OCO2. The minimum absolute atomic E-state index is 0.155. The van der Waals surface area contributed by atoms with E-state index in [1.54, 1.807) is 42.6 Å². The van der Waals surface area contributed by atoms with Crippen molar-refractivity contribution < 1.29 is 19.4 Å². The summed E-state index contributed by atoms with van der Waals surface area (Å²) in [4.78, 5) is 15.5. The molecule has 0 unspecified atom stereocenters. The van der Waals surface area contributed by atoms with Gasteiger partial charge in [-0.15, -0.1) is 0 Å². The van der Waals surface area contributed by atoms with Gasteiger partial charge in [0.25, 0.3) is 0 Å². The van der Waals surface area contributed by atoms with Gasteiger partial charge in [0.1, 0.15) is 0 Å². The highest BCUT2D eigenvalue weighted by Crippen LogP contribution is 2.34. The zero-order valence-electron chi connectivity index (χ0n) is 10.4. The first-order valence-electron chi connectivity index (χ1n) is 6.00. The summed E-state index contributed by atoms with van der Waals surface area (Å²) in [6.07, 6.45) is 3.14. The number of pyridine rings is 1. The first-order valence-corrected chi connectivity index (χ1v) is 6.00. The number of carbonyl (C=O) groups is 1. The third kappa shape index (κ3) is 2.33. The van der Waals surface area contributed by atoms with Crippen LogP contribution in [-0.4, -0.2) is 22.9 Å². The summed E-state index contributed by atoms with van der Waals surface area (Å²) in [6.45, 7) is 0.158. The molecule has 0 saturated carbocycles. The van der Waals surface area contributed by atoms with Crippen LogP contribution in [0.2, 0.25) is 0 Å². The fourth-order valence-electron chi connectivity index (χ4n) is 1.94. The lowest BCUT2D eigenvalue weighted by molar-refractivity contribution is -0.130. The van der Waals surface area contributed by atoms with E-state index in [1.807, 2.05) is 0 Å². The van der Waals surface area contributed by atoms with E-state index >= 15 is 0 Å². The number of nitrogens with zero attached hydrogens (tertiary/aromatic N) is 1. The van der Waals surface area contributed by atoms with Crippen molar-refractivity contribution in [3.63, 3.8) is 0 Å². The van der Waals surface area contributed by atoms with Crippen LogP contribution >= 0.6 is 0 Å². The number of benzene rings is 1. The van der Waals surface area contributed by atoms with Crippen molar-refractivity contribution >= 4 is 17.6 Å². The molecule has 0 bridgehead atoms. The van der Waals surface area contributed by atoms with Crippen LogP contribution < -0.4 is 9.47 Å². The van der Waals surface area contributed by atoms with Gasteiger partial charge in [-0.1, -0.05) is 12.1 Å². The Kier molecular flexibility index (Phi) is 3.09. The van der Waals surface area contributed by atoms with Crippen molar-refractivity contribution in [3.8, 4) is 11.5 Å². The van der Waals surface area contributed by atoms with Gasteiger partial charge in [-0.25, -0.2) is 4.79 Å². The lowest BCUT2D eigenvalue weighted by atomic mass is 10.0. The topological polar surface area (TPSA) is 68.7 Å². The van der Waals surface area contributed by atoms with Gasteiger partial charge in [0.15, 0.2) is 11.5 Å². The fraction of sp³-hybridized carbons (Fsp3) is 0.0667. The van der Waals surface area contributed by atoms with Gasteiger partial charge in [0, 0.05) is 6.20 Å². The lowest BCUT2D eigenvalue weighted by Crippen LogP contribution is -2.00. The molecule has 0 atom stereocenters. The van der Waals surface area contributed by atoms with Crippen LogP contribution in [0, 0.1) is 0 Å². The van der Waals surface area contributed by atoms with Gasteiger partial charge < -0.3 is 14.6 Å². The number of carboxylic acid groups (broad SMARTS) is 1. The van der Waals surface area contributed by atoms with Crippen LogP contribution in [0.15, 0.2) is 42.6 Å². The second-order valence-electron chi connectivity index (χ2n) is 4.19. The summed E-state index contributed by atoms with van der Waals surface area (Å²) in [5.74, 6) is 0.154. The van der Waals surface area contributed by atoms with Crippen LogP contribution in [0.25, 0.3) is 11.6 Å². The van der Waals surface area contributed by atoms with E-state index in [-0.39, 0.29) is 12.4 Å². The summed E-state index contributed by atoms with van der Waals surface area (Å²) in [5, 5.41) is 9.37. The molecule has 1 aromatic heterocycles. The van der Waals surface area contributed by atoms with Crippen LogP contribution in [0.1, 0.15) is 11.3 Å². The van der Waals surface area contributed by atoms with Crippen molar-refractivity contribution in [2.45, 2.75) is 0 Å². The molecule has 0 fully saturated rings. The molecular formula is C15H11NO4. The van der Waals surface area contributed by atoms with Gasteiger partial charge in [-0.3, -0.25) is 4.98 Å². The molecule has 20 heavy (non-hydrogen) atoms. The fourth-order valence-corrected chi connectivity index (χ4v) is 1.94. The Labute approximate surface area is 115 Å². The van der Waals surface area contributed by atoms with Crippen molar-refractivity contribution in [1.82, 2.24) is 4.98 Å². The molecule has 1 N–H and O–H groups in total. The second kappa shape index (κ2) is 5.05. The first kappa shape index (κ1) is 12.2. The molecule has 5 nitrogen and oxygen atoms in total. The van der Waals surface area contributed by atoms with E-state index in [9.17, 15) is 9.90 Å². The van der Waals surface area contributed by atoms with Crippen LogP contribution in [-0.2, 0) is 4.79 Å². The zero-order chi connectivity index (χ0) is 13.9. The number of ether oxygens (including phenoxy) is 2. The zero-order valence-corrected chi connectivity index (χ0v) is 10.4. The Balaban J connectivity index is 2.03. The van der Waals surface area contributed by atoms with Crippen molar-refractivity contribution in [2.24, 2.45) is 0 Å². The molecule has 100 valence electrons. The third-order valence-electron chi connectivity index (χ3n) is 2.89. The van der Waals surface area contributed by atoms with E-state index in [0.29, 0.717) is 22.8 Å². The Morgan fingerprint density at radius 2 is 2.05 bits per heavy atom. The maximum atomic E-state index is 11.4. The molecule has 2 aromatic rings. The summed E-state index contributed by atoms with van der Waals surface area (Å²) < 4.78 is 10.5. The molecule has 0 radical (unpaired) electrons. The summed E-state index contributed by atoms with van der Waals surface area (Å²) in [6, 6.07) is 10.4. The Hall–Kier alpha value is -2.82. The molecule has 5 heteroatoms. The highest BCUT2D eigenvalue weighted by Gasteiger charge is 2.17. The molecule has 3 rings (SSSR count). The smallest absolute Gasteiger partial charge is 0.336 e. The number of rotatable bonds is 3. The Morgan fingerprint density at radius 3 is 2.80 bits per heavy atom. The third-order valence-corrected chi connectivity index (χ3v) is 2.89. The van der Waals surface area contributed by atoms with E-state index in [1.165, 1.54) is 6.08 Å². The van der Waals surface area contributed by atoms with Crippen molar-refractivity contribution in [1.29, 1.82) is 0 Å². The first-order chi connectivity index (χ1) is 9.74. The molecule has 0 aliphatic carbocycles. The second-order valence-corrected chi connectivity index (χ2v) is 4.19. The van der Waals surface area contributed by atoms with Gasteiger partial charge in [0.2, 0.25) is 6.79 Å². The highest BCUT2D eigenvalue weighted by atomic mass is 16.7. The van der Waals surface area contributed by atoms with Crippen molar-refractivity contribution in [3.05, 3.63) is 53.9 Å². The van der Waals surface area contributed by atoms with Crippen LogP contribution in [0.3, 0.4) is 0 Å². The Morgan fingerprint density at radius 1 is 1.20 bits per heavy atom. The monoisotopic (exact) mass is 269 g/mol. The average Bonchev–Trinajstić information content (AvgIpc) is 2.93. The molecule has 1 aromatic carbocycles. The maximum absolute atomic E-state index is 11.4. The summed E-state index contributed by atoms with van der Waals surface area (Å²) in [7, 11) is 0. The molecule has 0 spiro atoms. The maximum Gasteiger partial charge on any atom is 0.336 e. The summed E-state index contributed by atoms with van der Waals surface area (Å²) >= 11 is 0. The minimum atomic E-state index is -1.02. The van der Waals surface area contributed by atoms with Crippen molar-refractivity contribution in [2.75, 3.05) is 6.79 Å². The quantitative estimate of drug-likeness (QED) is 0.867. The van der Waals surface area contributed by atoms with Crippen LogP contribution in [0.5, 0.6) is 11.5 Å². The minimum Gasteiger partial charge on any atom is -0.478 e. The van der Waals surface area contributed by atoms with E-state index < -0.39 is 5.97 Å². The number of hydrogen-bond donors (Lipinski definition) is 1. The molecule has 0 amide bonds. The average molecular weight is 269 g/mol. The lowest BCUT2D eigenvalue weighted by Gasteiger charge is -2.04. The number of fused-ring (bicyclic) bond motifs is 1. The van der Waals surface area contributed by atoms with Crippen LogP contribution in [0.4, 0.5) is 0 Å². The Bertz CT molecular complexity index is 680. The summed E-state index contributed by atoms with van der Waals surface area (Å²) in [5.41, 5.74) is 1.29. The highest BCUT2D eigenvalue weighted by molar-refractivity contribution is 6.20. The largest absolute Gasteiger partial charge is 0.478 e. The number of aromatic nitrogens is 1. The molecular weight excluding hydrogens is 258 g/mol. The van der Waals surface area contributed by atoms with E-state index in [0.717, 1.165) is 0 Å². The molecule has 1 aliphatic rings. The van der Waals surface area contributed by atoms with Gasteiger partial charge in [-0.05, 0) is 35.9 Å². The van der Waals surface area contributed by atoms with Gasteiger partial charge >= 0.3 is 5.97 Å². The normalized spacial score (nSPS) is 13.3. The predicted molar refractivity (Wildman–Crippen MR) is 72.3 cm³/mol. The van der Waals surface area contributed by atoms with E-state index in [2.05, 4.69) is 4.98 Å². The number of aliphatic carboxylic acids is 1. The number of hydrogen-bond acceptors (Lipinski definition) is 4. The molecule has 1 aliphatic heterocycles. The van der Waals surface area contributed by atoms with Gasteiger partial charge in [-0.2, -0.15) is 0 Å². The predicted octanol–water partition coefficient (Wildman–Crippen LogP) is 2.44. The van der Waals surface area contributed by atoms with Gasteiger partial charge in [0.05, 0.1) is 11.3 Å². The molecule has 0 saturated heterocycles. The standard InChI is InChI=1S/C15H11NO4/c17-15(18)12(8-11-3-1-2-6-16-11)10-4-5-13-14(7-10)20-9-19-13/h1-8H,9H2,(H,17,18)/b12-8+. The van der Waals surface area contributed by atoms with E-state index in [4.69, 9.17) is 9.47 Å².